The van der Waals surface area contributed by atoms with Crippen LogP contribution in [-0.2, 0) is 6.18 Å². The molecule has 44 heavy (non-hydrogen) atoms. The summed E-state index contributed by atoms with van der Waals surface area (Å²) >= 11 is 0. The van der Waals surface area contributed by atoms with Crippen LogP contribution in [0.5, 0.6) is 5.75 Å². The van der Waals surface area contributed by atoms with Crippen LogP contribution in [0.15, 0.2) is 35.1 Å². The van der Waals surface area contributed by atoms with E-state index >= 15 is 0 Å². The number of alkyl halides is 3. The van der Waals surface area contributed by atoms with Crippen molar-refractivity contribution >= 4 is 35.1 Å². The normalized spacial score (nSPS) is 22.5. The molecule has 1 aromatic carbocycles. The molecule has 236 valence electrons. The number of aromatic nitrogens is 4. The van der Waals surface area contributed by atoms with Gasteiger partial charge in [0.05, 0.1) is 5.69 Å². The Labute approximate surface area is 248 Å². The third kappa shape index (κ3) is 7.16. The minimum atomic E-state index is -4.78. The number of aromatic hydroxyl groups is 1. The number of halogens is 3. The van der Waals surface area contributed by atoms with Crippen LogP contribution in [0, 0.1) is 0 Å². The summed E-state index contributed by atoms with van der Waals surface area (Å²) in [5.41, 5.74) is 21.9. The first-order valence-electron chi connectivity index (χ1n) is 13.8. The van der Waals surface area contributed by atoms with Gasteiger partial charge in [-0.1, -0.05) is 0 Å². The second-order valence-corrected chi connectivity index (χ2v) is 11.0. The number of nitrogens with one attached hydrogen (secondary N) is 3. The van der Waals surface area contributed by atoms with Crippen molar-refractivity contribution in [1.29, 1.82) is 0 Å². The van der Waals surface area contributed by atoms with Crippen molar-refractivity contribution in [1.82, 2.24) is 19.9 Å². The zero-order chi connectivity index (χ0) is 31.8. The lowest BCUT2D eigenvalue weighted by Crippen LogP contribution is -2.54. The van der Waals surface area contributed by atoms with Gasteiger partial charge in [0.15, 0.2) is 0 Å². The molecule has 12 N–H and O–H groups in total. The summed E-state index contributed by atoms with van der Waals surface area (Å²) < 4.78 is 38.5. The van der Waals surface area contributed by atoms with Crippen LogP contribution >= 0.6 is 0 Å². The predicted molar refractivity (Wildman–Crippen MR) is 157 cm³/mol. The SMILES string of the molecule is NC1CC(N)CN(c2nc(Nc3ccc(NC(=O)c4ccc(C(F)(F)F)[nH]c4=O)c(O)c3)nc(N3CC(N)CC(N)C3)n2)C1. The van der Waals surface area contributed by atoms with Crippen LogP contribution in [0.25, 0.3) is 0 Å². The van der Waals surface area contributed by atoms with Gasteiger partial charge >= 0.3 is 6.18 Å². The van der Waals surface area contributed by atoms with E-state index in [1.807, 2.05) is 9.80 Å². The van der Waals surface area contributed by atoms with Gasteiger partial charge in [-0.15, -0.1) is 0 Å². The topological polar surface area (TPSA) is 243 Å². The molecule has 0 spiro atoms. The molecule has 0 radical (unpaired) electrons. The van der Waals surface area contributed by atoms with Crippen molar-refractivity contribution in [2.75, 3.05) is 46.6 Å². The number of nitrogens with two attached hydrogens (primary N) is 4. The van der Waals surface area contributed by atoms with Crippen molar-refractivity contribution in [2.24, 2.45) is 22.9 Å². The Kier molecular flexibility index (Phi) is 8.60. The molecule has 3 aromatic rings. The van der Waals surface area contributed by atoms with Gasteiger partial charge in [-0.05, 0) is 37.1 Å². The average molecular weight is 619 g/mol. The number of rotatable bonds is 6. The highest BCUT2D eigenvalue weighted by Crippen LogP contribution is 2.30. The number of nitrogens with zero attached hydrogens (tertiary/aromatic N) is 5. The molecule has 0 saturated carbocycles. The summed E-state index contributed by atoms with van der Waals surface area (Å²) in [4.78, 5) is 43.8. The molecule has 4 atom stereocenters. The minimum Gasteiger partial charge on any atom is -0.506 e. The molecule has 4 unspecified atom stereocenters. The number of hydrogen-bond donors (Lipinski definition) is 8. The molecular weight excluding hydrogens is 585 g/mol. The van der Waals surface area contributed by atoms with E-state index in [-0.39, 0.29) is 35.8 Å². The van der Waals surface area contributed by atoms with Crippen LogP contribution < -0.4 is 48.9 Å². The second-order valence-electron chi connectivity index (χ2n) is 11.0. The van der Waals surface area contributed by atoms with Gasteiger partial charge in [0.25, 0.3) is 11.5 Å². The highest BCUT2D eigenvalue weighted by molar-refractivity contribution is 6.04. The quantitative estimate of drug-likeness (QED) is 0.170. The molecule has 15 nitrogen and oxygen atoms in total. The molecule has 2 aliphatic heterocycles. The lowest BCUT2D eigenvalue weighted by molar-refractivity contribution is -0.141. The Morgan fingerprint density at radius 1 is 0.886 bits per heavy atom. The Hall–Kier alpha value is -4.52. The van der Waals surface area contributed by atoms with Gasteiger partial charge in [0.2, 0.25) is 17.8 Å². The van der Waals surface area contributed by atoms with E-state index in [2.05, 4.69) is 25.6 Å². The molecule has 2 aliphatic rings. The number of aromatic amines is 1. The number of phenols is 1. The fourth-order valence-corrected chi connectivity index (χ4v) is 5.23. The van der Waals surface area contributed by atoms with E-state index in [0.717, 1.165) is 6.07 Å². The number of anilines is 5. The second kappa shape index (κ2) is 12.2. The van der Waals surface area contributed by atoms with Crippen LogP contribution in [0.3, 0.4) is 0 Å². The van der Waals surface area contributed by atoms with Crippen LogP contribution in [0.1, 0.15) is 28.9 Å². The number of hydrogen-bond acceptors (Lipinski definition) is 13. The highest BCUT2D eigenvalue weighted by atomic mass is 19.4. The fraction of sp³-hybridized carbons (Fsp3) is 0.423. The number of H-pyrrole nitrogens is 1. The first kappa shape index (κ1) is 30.9. The maximum absolute atomic E-state index is 12.8. The predicted octanol–water partition coefficient (Wildman–Crippen LogP) is 0.00960. The molecule has 2 aromatic heterocycles. The molecule has 2 saturated heterocycles. The molecule has 0 aliphatic carbocycles. The van der Waals surface area contributed by atoms with Crippen LogP contribution in [0.2, 0.25) is 0 Å². The van der Waals surface area contributed by atoms with Gasteiger partial charge in [0, 0.05) is 62.1 Å². The number of carbonyl (C=O) groups is 1. The summed E-state index contributed by atoms with van der Waals surface area (Å²) in [5, 5.41) is 15.9. The van der Waals surface area contributed by atoms with Crippen molar-refractivity contribution in [3.05, 3.63) is 51.9 Å². The van der Waals surface area contributed by atoms with E-state index < -0.39 is 34.6 Å². The van der Waals surface area contributed by atoms with Gasteiger partial charge in [-0.3, -0.25) is 9.59 Å². The van der Waals surface area contributed by atoms with Gasteiger partial charge in [-0.25, -0.2) is 0 Å². The summed E-state index contributed by atoms with van der Waals surface area (Å²) in [6.45, 7) is 1.91. The number of phenolic OH excluding ortho intramolecular Hbond substituents is 1. The van der Waals surface area contributed by atoms with Crippen molar-refractivity contribution in [3.8, 4) is 5.75 Å². The maximum atomic E-state index is 12.8. The van der Waals surface area contributed by atoms with E-state index in [0.29, 0.717) is 62.7 Å². The number of amides is 1. The third-order valence-electron chi connectivity index (χ3n) is 7.17. The summed E-state index contributed by atoms with van der Waals surface area (Å²) in [7, 11) is 0. The Morgan fingerprint density at radius 2 is 1.43 bits per heavy atom. The molecule has 18 heteroatoms. The van der Waals surface area contributed by atoms with Gasteiger partial charge < -0.3 is 53.5 Å². The average Bonchev–Trinajstić information content (AvgIpc) is 2.92. The molecular formula is C26H33F3N12O3. The highest BCUT2D eigenvalue weighted by Gasteiger charge is 2.32. The zero-order valence-corrected chi connectivity index (χ0v) is 23.4. The van der Waals surface area contributed by atoms with E-state index in [1.165, 1.54) is 18.2 Å². The third-order valence-corrected chi connectivity index (χ3v) is 7.17. The number of carbonyl (C=O) groups excluding carboxylic acids is 1. The Bertz CT molecular complexity index is 1520. The van der Waals surface area contributed by atoms with Crippen LogP contribution in [-0.4, -0.2) is 81.3 Å². The summed E-state index contributed by atoms with van der Waals surface area (Å²) in [6.07, 6.45) is -3.47. The number of benzene rings is 1. The molecule has 1 amide bonds. The van der Waals surface area contributed by atoms with Gasteiger partial charge in [-0.2, -0.15) is 28.1 Å². The van der Waals surface area contributed by atoms with E-state index in [1.54, 1.807) is 4.98 Å². The van der Waals surface area contributed by atoms with Crippen molar-refractivity contribution in [2.45, 2.75) is 43.2 Å². The van der Waals surface area contributed by atoms with Crippen molar-refractivity contribution < 1.29 is 23.1 Å². The summed E-state index contributed by atoms with van der Waals surface area (Å²) in [5.74, 6) is -0.602. The minimum absolute atomic E-state index is 0.0931. The van der Waals surface area contributed by atoms with Crippen molar-refractivity contribution in [3.63, 3.8) is 0 Å². The molecule has 5 rings (SSSR count). The maximum Gasteiger partial charge on any atom is 0.431 e. The van der Waals surface area contributed by atoms with Crippen LogP contribution in [0.4, 0.5) is 42.4 Å². The lowest BCUT2D eigenvalue weighted by Gasteiger charge is -2.37. The van der Waals surface area contributed by atoms with Gasteiger partial charge in [0.1, 0.15) is 17.0 Å². The zero-order valence-electron chi connectivity index (χ0n) is 23.4. The first-order valence-corrected chi connectivity index (χ1v) is 13.8. The number of piperidine rings is 2. The fourth-order valence-electron chi connectivity index (χ4n) is 5.23. The summed E-state index contributed by atoms with van der Waals surface area (Å²) in [6, 6.07) is 4.73. The molecule has 2 fully saturated rings. The monoisotopic (exact) mass is 618 g/mol. The van der Waals surface area contributed by atoms with E-state index in [9.17, 15) is 27.9 Å². The smallest absolute Gasteiger partial charge is 0.431 e. The van der Waals surface area contributed by atoms with E-state index in [4.69, 9.17) is 22.9 Å². The Balaban J connectivity index is 1.38. The first-order chi connectivity index (χ1) is 20.7. The largest absolute Gasteiger partial charge is 0.506 e. The number of pyridine rings is 1. The molecule has 4 heterocycles. The standard InChI is InChI=1S/C26H33F3N12O3/c27-26(28,29)20-4-2-17(22(44)36-20)21(43)35-18-3-1-16(7-19(18)42)34-23-37-24(40-8-12(30)5-13(31)9-40)39-25(38-23)41-10-14(32)6-15(33)11-41/h1-4,7,12-15,42H,5-6,8-11,30-33H2,(H,35,43)(H,36,44)(H,34,37,38,39). The lowest BCUT2D eigenvalue weighted by atomic mass is 10.0. The molecule has 0 bridgehead atoms. The Morgan fingerprint density at radius 3 is 1.91 bits per heavy atom.